The van der Waals surface area contributed by atoms with Gasteiger partial charge in [-0.3, -0.25) is 4.90 Å². The number of nitrogens with one attached hydrogen (secondary N) is 1. The predicted octanol–water partition coefficient (Wildman–Crippen LogP) is 1.89. The van der Waals surface area contributed by atoms with Gasteiger partial charge in [0.2, 0.25) is 0 Å². The van der Waals surface area contributed by atoms with Crippen molar-refractivity contribution in [2.24, 2.45) is 5.41 Å². The molecule has 4 heteroatoms. The first-order valence-corrected chi connectivity index (χ1v) is 8.17. The van der Waals surface area contributed by atoms with E-state index in [1.165, 1.54) is 19.4 Å². The highest BCUT2D eigenvalue weighted by Gasteiger charge is 2.37. The second-order valence-corrected chi connectivity index (χ2v) is 7.07. The van der Waals surface area contributed by atoms with Crippen molar-refractivity contribution in [3.05, 3.63) is 0 Å². The molecule has 0 bridgehead atoms. The minimum atomic E-state index is 0.362. The van der Waals surface area contributed by atoms with Crippen LogP contribution in [-0.4, -0.2) is 62.5 Å². The Labute approximate surface area is 124 Å². The van der Waals surface area contributed by atoms with E-state index in [1.54, 1.807) is 0 Å². The molecule has 2 aliphatic heterocycles. The molecule has 0 amide bonds. The molecule has 0 aliphatic carbocycles. The van der Waals surface area contributed by atoms with Crippen LogP contribution in [-0.2, 0) is 9.47 Å². The third-order valence-corrected chi connectivity index (χ3v) is 4.71. The number of rotatable bonds is 5. The van der Waals surface area contributed by atoms with Crippen molar-refractivity contribution in [3.8, 4) is 0 Å². The molecule has 2 atom stereocenters. The average molecular weight is 284 g/mol. The molecule has 0 aromatic carbocycles. The van der Waals surface area contributed by atoms with Gasteiger partial charge in [0.1, 0.15) is 0 Å². The molecule has 2 heterocycles. The highest BCUT2D eigenvalue weighted by molar-refractivity contribution is 4.90. The van der Waals surface area contributed by atoms with Crippen LogP contribution in [0.4, 0.5) is 0 Å². The molecule has 2 unspecified atom stereocenters. The largest absolute Gasteiger partial charge is 0.381 e. The van der Waals surface area contributed by atoms with Crippen LogP contribution < -0.4 is 5.32 Å². The van der Waals surface area contributed by atoms with E-state index in [1.807, 2.05) is 0 Å². The molecule has 2 saturated heterocycles. The lowest BCUT2D eigenvalue weighted by Gasteiger charge is -2.46. The summed E-state index contributed by atoms with van der Waals surface area (Å²) < 4.78 is 11.4. The van der Waals surface area contributed by atoms with E-state index in [4.69, 9.17) is 9.47 Å². The maximum absolute atomic E-state index is 5.76. The van der Waals surface area contributed by atoms with E-state index in [-0.39, 0.29) is 0 Å². The van der Waals surface area contributed by atoms with Gasteiger partial charge in [-0.2, -0.15) is 0 Å². The van der Waals surface area contributed by atoms with Crippen LogP contribution in [0.2, 0.25) is 0 Å². The molecule has 0 aromatic heterocycles. The van der Waals surface area contributed by atoms with Crippen molar-refractivity contribution in [2.45, 2.75) is 58.7 Å². The summed E-state index contributed by atoms with van der Waals surface area (Å²) in [5.74, 6) is 0. The van der Waals surface area contributed by atoms with Gasteiger partial charge in [-0.15, -0.1) is 0 Å². The lowest BCUT2D eigenvalue weighted by molar-refractivity contribution is -0.0781. The summed E-state index contributed by atoms with van der Waals surface area (Å²) in [6.45, 7) is 15.0. The first-order valence-electron chi connectivity index (χ1n) is 8.17. The van der Waals surface area contributed by atoms with Gasteiger partial charge < -0.3 is 14.8 Å². The Bertz CT molecular complexity index is 290. The van der Waals surface area contributed by atoms with Crippen LogP contribution in [0.25, 0.3) is 0 Å². The van der Waals surface area contributed by atoms with Crippen LogP contribution in [0, 0.1) is 5.41 Å². The molecule has 20 heavy (non-hydrogen) atoms. The second kappa shape index (κ2) is 7.21. The minimum absolute atomic E-state index is 0.362. The van der Waals surface area contributed by atoms with Crippen molar-refractivity contribution in [2.75, 3.05) is 39.5 Å². The highest BCUT2D eigenvalue weighted by Crippen LogP contribution is 2.32. The molecule has 0 radical (unpaired) electrons. The fraction of sp³-hybridized carbons (Fsp3) is 1.00. The van der Waals surface area contributed by atoms with Gasteiger partial charge in [-0.05, 0) is 32.1 Å². The van der Waals surface area contributed by atoms with E-state index in [2.05, 4.69) is 37.9 Å². The van der Waals surface area contributed by atoms with Gasteiger partial charge in [-0.25, -0.2) is 0 Å². The third kappa shape index (κ3) is 4.42. The van der Waals surface area contributed by atoms with E-state index < -0.39 is 0 Å². The van der Waals surface area contributed by atoms with E-state index in [9.17, 15) is 0 Å². The third-order valence-electron chi connectivity index (χ3n) is 4.71. The SMILES string of the molecule is CC(C)NCC1(CN2CC(C)OCC2C)CCOCC1. The number of morpholine rings is 1. The average Bonchev–Trinajstić information content (AvgIpc) is 2.42. The van der Waals surface area contributed by atoms with Crippen molar-refractivity contribution >= 4 is 0 Å². The van der Waals surface area contributed by atoms with Crippen LogP contribution in [0.15, 0.2) is 0 Å². The van der Waals surface area contributed by atoms with Gasteiger partial charge in [0, 0.05) is 44.9 Å². The van der Waals surface area contributed by atoms with Gasteiger partial charge in [0.15, 0.2) is 0 Å². The Balaban J connectivity index is 1.98. The van der Waals surface area contributed by atoms with Crippen molar-refractivity contribution in [3.63, 3.8) is 0 Å². The Morgan fingerprint density at radius 1 is 1.25 bits per heavy atom. The number of ether oxygens (including phenoxy) is 2. The second-order valence-electron chi connectivity index (χ2n) is 7.07. The molecule has 2 fully saturated rings. The summed E-state index contributed by atoms with van der Waals surface area (Å²) in [5, 5.41) is 3.66. The lowest BCUT2D eigenvalue weighted by atomic mass is 9.79. The molecular formula is C16H32N2O2. The molecule has 118 valence electrons. The maximum atomic E-state index is 5.76. The van der Waals surface area contributed by atoms with Crippen LogP contribution >= 0.6 is 0 Å². The summed E-state index contributed by atoms with van der Waals surface area (Å²) in [6.07, 6.45) is 2.71. The predicted molar refractivity (Wildman–Crippen MR) is 82.1 cm³/mol. The number of hydrogen-bond donors (Lipinski definition) is 1. The van der Waals surface area contributed by atoms with Gasteiger partial charge >= 0.3 is 0 Å². The first-order chi connectivity index (χ1) is 9.51. The zero-order chi connectivity index (χ0) is 14.6. The van der Waals surface area contributed by atoms with E-state index >= 15 is 0 Å². The topological polar surface area (TPSA) is 33.7 Å². The summed E-state index contributed by atoms with van der Waals surface area (Å²) in [5.41, 5.74) is 0.369. The summed E-state index contributed by atoms with van der Waals surface area (Å²) in [7, 11) is 0. The summed E-state index contributed by atoms with van der Waals surface area (Å²) >= 11 is 0. The van der Waals surface area contributed by atoms with E-state index in [0.717, 1.165) is 32.9 Å². The fourth-order valence-corrected chi connectivity index (χ4v) is 3.24. The van der Waals surface area contributed by atoms with Crippen LogP contribution in [0.1, 0.15) is 40.5 Å². The number of nitrogens with zero attached hydrogens (tertiary/aromatic N) is 1. The van der Waals surface area contributed by atoms with Crippen LogP contribution in [0.5, 0.6) is 0 Å². The van der Waals surface area contributed by atoms with Crippen molar-refractivity contribution in [1.82, 2.24) is 10.2 Å². The Hall–Kier alpha value is -0.160. The Kier molecular flexibility index (Phi) is 5.84. The molecule has 0 aromatic rings. The molecule has 0 spiro atoms. The maximum Gasteiger partial charge on any atom is 0.0674 e. The minimum Gasteiger partial charge on any atom is -0.381 e. The first kappa shape index (κ1) is 16.2. The smallest absolute Gasteiger partial charge is 0.0674 e. The molecule has 2 rings (SSSR count). The van der Waals surface area contributed by atoms with E-state index in [0.29, 0.717) is 23.6 Å². The Morgan fingerprint density at radius 2 is 1.95 bits per heavy atom. The quantitative estimate of drug-likeness (QED) is 0.836. The van der Waals surface area contributed by atoms with Crippen molar-refractivity contribution < 1.29 is 9.47 Å². The number of hydrogen-bond acceptors (Lipinski definition) is 4. The molecule has 4 nitrogen and oxygen atoms in total. The molecule has 1 N–H and O–H groups in total. The van der Waals surface area contributed by atoms with Crippen LogP contribution in [0.3, 0.4) is 0 Å². The Morgan fingerprint density at radius 3 is 2.60 bits per heavy atom. The standard InChI is InChI=1S/C16H32N2O2/c1-13(2)17-11-16(5-7-19-8-6-16)12-18-9-15(4)20-10-14(18)3/h13-15,17H,5-12H2,1-4H3. The monoisotopic (exact) mass is 284 g/mol. The van der Waals surface area contributed by atoms with Gasteiger partial charge in [0.05, 0.1) is 12.7 Å². The molecule has 0 saturated carbocycles. The van der Waals surface area contributed by atoms with Gasteiger partial charge in [-0.1, -0.05) is 13.8 Å². The zero-order valence-electron chi connectivity index (χ0n) is 13.7. The highest BCUT2D eigenvalue weighted by atomic mass is 16.5. The van der Waals surface area contributed by atoms with Crippen molar-refractivity contribution in [1.29, 1.82) is 0 Å². The van der Waals surface area contributed by atoms with Gasteiger partial charge in [0.25, 0.3) is 0 Å². The summed E-state index contributed by atoms with van der Waals surface area (Å²) in [4.78, 5) is 2.63. The molecular weight excluding hydrogens is 252 g/mol. The normalized spacial score (nSPS) is 31.6. The lowest BCUT2D eigenvalue weighted by Crippen LogP contribution is -2.55. The fourth-order valence-electron chi connectivity index (χ4n) is 3.24. The zero-order valence-corrected chi connectivity index (χ0v) is 13.7. The summed E-state index contributed by atoms with van der Waals surface area (Å²) in [6, 6.07) is 1.08. The molecule has 2 aliphatic rings.